The van der Waals surface area contributed by atoms with Crippen molar-refractivity contribution in [1.82, 2.24) is 10.2 Å². The van der Waals surface area contributed by atoms with Crippen LogP contribution in [-0.2, 0) is 6.42 Å². The Hall–Kier alpha value is -2.13. The molecular formula is C15H16N4OS. The minimum atomic E-state index is -0.594. The van der Waals surface area contributed by atoms with Crippen molar-refractivity contribution in [2.75, 3.05) is 0 Å². The summed E-state index contributed by atoms with van der Waals surface area (Å²) < 4.78 is 5.45. The van der Waals surface area contributed by atoms with Crippen LogP contribution < -0.4 is 4.74 Å². The molecule has 0 aliphatic carbocycles. The maximum Gasteiger partial charge on any atom is 0.243 e. The van der Waals surface area contributed by atoms with Gasteiger partial charge in [-0.15, -0.1) is 16.4 Å². The van der Waals surface area contributed by atoms with Gasteiger partial charge in [-0.05, 0) is 30.4 Å². The van der Waals surface area contributed by atoms with Crippen molar-refractivity contribution in [1.29, 1.82) is 10.7 Å². The third-order valence-corrected chi connectivity index (χ3v) is 4.91. The first-order chi connectivity index (χ1) is 10.2. The highest BCUT2D eigenvalue weighted by molar-refractivity contribution is 7.10. The second-order valence-corrected chi connectivity index (χ2v) is 6.14. The first kappa shape index (κ1) is 13.8. The zero-order valence-electron chi connectivity index (χ0n) is 11.9. The second kappa shape index (κ2) is 5.34. The number of aromatic nitrogens is 2. The van der Waals surface area contributed by atoms with Crippen molar-refractivity contribution in [3.05, 3.63) is 33.1 Å². The van der Waals surface area contributed by atoms with Crippen LogP contribution in [-0.4, -0.2) is 16.1 Å². The minimum Gasteiger partial charge on any atom is -0.422 e. The average molecular weight is 300 g/mol. The Morgan fingerprint density at radius 1 is 1.57 bits per heavy atom. The molecule has 0 fully saturated rings. The summed E-state index contributed by atoms with van der Waals surface area (Å²) in [6.07, 6.45) is 1.84. The highest BCUT2D eigenvalue weighted by Crippen LogP contribution is 2.45. The Labute approximate surface area is 127 Å². The van der Waals surface area contributed by atoms with Gasteiger partial charge in [0, 0.05) is 16.1 Å². The van der Waals surface area contributed by atoms with E-state index in [4.69, 9.17) is 10.1 Å². The fraction of sp³-hybridized carbons (Fsp3) is 0.400. The number of hydrogen-bond donors (Lipinski definition) is 2. The van der Waals surface area contributed by atoms with Crippen LogP contribution in [0.5, 0.6) is 5.88 Å². The lowest BCUT2D eigenvalue weighted by Crippen LogP contribution is -2.31. The molecule has 0 amide bonds. The van der Waals surface area contributed by atoms with Gasteiger partial charge in [0.1, 0.15) is 5.92 Å². The Kier molecular flexibility index (Phi) is 3.52. The minimum absolute atomic E-state index is 0.0163. The molecule has 0 spiro atoms. The third-order valence-electron chi connectivity index (χ3n) is 3.80. The molecule has 6 heteroatoms. The van der Waals surface area contributed by atoms with E-state index in [1.165, 1.54) is 0 Å². The maximum absolute atomic E-state index is 9.51. The molecular weight excluding hydrogens is 284 g/mol. The summed E-state index contributed by atoms with van der Waals surface area (Å²) in [7, 11) is 0. The predicted molar refractivity (Wildman–Crippen MR) is 80.9 cm³/mol. The Bertz CT molecular complexity index is 724. The standard InChI is InChI=1S/C15H16N4OS/c1-3-4-10-12-11(13-8(2)5-6-21-13)9(7-16)14(17)20-15(12)19-18-10/h5-6,9,11,17H,3-4H2,1-2H3,(H,18,19). The van der Waals surface area contributed by atoms with Crippen LogP contribution in [0.15, 0.2) is 11.4 Å². The fourth-order valence-corrected chi connectivity index (χ4v) is 3.88. The Morgan fingerprint density at radius 3 is 3.00 bits per heavy atom. The van der Waals surface area contributed by atoms with Gasteiger partial charge >= 0.3 is 0 Å². The molecule has 21 heavy (non-hydrogen) atoms. The molecule has 0 radical (unpaired) electrons. The second-order valence-electron chi connectivity index (χ2n) is 5.19. The van der Waals surface area contributed by atoms with Crippen molar-refractivity contribution in [3.63, 3.8) is 0 Å². The smallest absolute Gasteiger partial charge is 0.243 e. The first-order valence-corrected chi connectivity index (χ1v) is 7.82. The van der Waals surface area contributed by atoms with Crippen LogP contribution in [0.3, 0.4) is 0 Å². The molecule has 2 aromatic heterocycles. The first-order valence-electron chi connectivity index (χ1n) is 6.94. The molecule has 1 aliphatic rings. The highest BCUT2D eigenvalue weighted by atomic mass is 32.1. The Balaban J connectivity index is 2.19. The number of hydrogen-bond acceptors (Lipinski definition) is 5. The van der Waals surface area contributed by atoms with Gasteiger partial charge in [-0.2, -0.15) is 5.26 Å². The summed E-state index contributed by atoms with van der Waals surface area (Å²) in [5.74, 6) is -0.320. The molecule has 0 aromatic carbocycles. The van der Waals surface area contributed by atoms with Crippen molar-refractivity contribution in [3.8, 4) is 11.9 Å². The number of fused-ring (bicyclic) bond motifs is 1. The maximum atomic E-state index is 9.51. The van der Waals surface area contributed by atoms with Gasteiger partial charge in [-0.25, -0.2) is 0 Å². The molecule has 0 saturated heterocycles. The predicted octanol–water partition coefficient (Wildman–Crippen LogP) is 3.37. The van der Waals surface area contributed by atoms with E-state index >= 15 is 0 Å². The van der Waals surface area contributed by atoms with E-state index in [1.54, 1.807) is 11.3 Å². The Morgan fingerprint density at radius 2 is 2.38 bits per heavy atom. The van der Waals surface area contributed by atoms with E-state index in [2.05, 4.69) is 23.2 Å². The molecule has 2 atom stereocenters. The van der Waals surface area contributed by atoms with Gasteiger partial charge in [0.2, 0.25) is 11.8 Å². The van der Waals surface area contributed by atoms with E-state index in [-0.39, 0.29) is 11.8 Å². The summed E-state index contributed by atoms with van der Waals surface area (Å²) >= 11 is 1.63. The average Bonchev–Trinajstić information content (AvgIpc) is 3.05. The number of ether oxygens (including phenoxy) is 1. The number of nitrogens with one attached hydrogen (secondary N) is 2. The van der Waals surface area contributed by atoms with Gasteiger partial charge in [-0.1, -0.05) is 13.3 Å². The summed E-state index contributed by atoms with van der Waals surface area (Å²) in [6, 6.07) is 4.28. The van der Waals surface area contributed by atoms with Crippen LogP contribution in [0, 0.1) is 29.6 Å². The summed E-state index contributed by atoms with van der Waals surface area (Å²) in [6.45, 7) is 4.14. The van der Waals surface area contributed by atoms with Crippen molar-refractivity contribution < 1.29 is 4.74 Å². The monoisotopic (exact) mass is 300 g/mol. The van der Waals surface area contributed by atoms with E-state index in [9.17, 15) is 5.26 Å². The largest absolute Gasteiger partial charge is 0.422 e. The number of nitrogens with zero attached hydrogens (tertiary/aromatic N) is 2. The zero-order valence-corrected chi connectivity index (χ0v) is 12.8. The lowest BCUT2D eigenvalue weighted by atomic mass is 9.82. The van der Waals surface area contributed by atoms with E-state index in [0.29, 0.717) is 5.88 Å². The summed E-state index contributed by atoms with van der Waals surface area (Å²) in [4.78, 5) is 1.12. The molecule has 1 aliphatic heterocycles. The van der Waals surface area contributed by atoms with Crippen LogP contribution in [0.4, 0.5) is 0 Å². The lowest BCUT2D eigenvalue weighted by molar-refractivity contribution is 0.437. The lowest BCUT2D eigenvalue weighted by Gasteiger charge is -2.27. The van der Waals surface area contributed by atoms with E-state index < -0.39 is 5.92 Å². The van der Waals surface area contributed by atoms with Crippen LogP contribution in [0.2, 0.25) is 0 Å². The van der Waals surface area contributed by atoms with Crippen LogP contribution >= 0.6 is 11.3 Å². The molecule has 108 valence electrons. The number of thiophene rings is 1. The van der Waals surface area contributed by atoms with Gasteiger partial charge in [0.25, 0.3) is 0 Å². The van der Waals surface area contributed by atoms with Gasteiger partial charge < -0.3 is 4.74 Å². The van der Waals surface area contributed by atoms with Gasteiger partial charge in [0.05, 0.1) is 12.0 Å². The van der Waals surface area contributed by atoms with E-state index in [1.807, 2.05) is 18.4 Å². The van der Waals surface area contributed by atoms with Gasteiger partial charge in [0.15, 0.2) is 0 Å². The third kappa shape index (κ3) is 2.14. The number of rotatable bonds is 3. The normalized spacial score (nSPS) is 20.7. The summed E-state index contributed by atoms with van der Waals surface area (Å²) in [5.41, 5.74) is 3.11. The zero-order chi connectivity index (χ0) is 15.0. The number of nitriles is 1. The van der Waals surface area contributed by atoms with Crippen LogP contribution in [0.25, 0.3) is 0 Å². The highest BCUT2D eigenvalue weighted by Gasteiger charge is 2.41. The van der Waals surface area contributed by atoms with Crippen molar-refractivity contribution in [2.45, 2.75) is 32.6 Å². The number of aryl methyl sites for hydroxylation is 2. The molecule has 2 unspecified atom stereocenters. The fourth-order valence-electron chi connectivity index (χ4n) is 2.81. The number of H-pyrrole nitrogens is 1. The summed E-state index contributed by atoms with van der Waals surface area (Å²) in [5, 5.41) is 26.7. The number of aromatic amines is 1. The molecule has 0 bridgehead atoms. The quantitative estimate of drug-likeness (QED) is 0.911. The molecule has 3 rings (SSSR count). The van der Waals surface area contributed by atoms with Crippen molar-refractivity contribution >= 4 is 17.2 Å². The molecule has 5 nitrogen and oxygen atoms in total. The van der Waals surface area contributed by atoms with Crippen molar-refractivity contribution in [2.24, 2.45) is 5.92 Å². The molecule has 0 saturated carbocycles. The topological polar surface area (TPSA) is 85.5 Å². The molecule has 3 heterocycles. The van der Waals surface area contributed by atoms with E-state index in [0.717, 1.165) is 34.5 Å². The SMILES string of the molecule is CCCc1[nH]nc2c1C(c1sccc1C)C(C#N)C(=N)O2. The van der Waals surface area contributed by atoms with Gasteiger partial charge in [-0.3, -0.25) is 10.5 Å². The molecule has 2 aromatic rings. The molecule has 2 N–H and O–H groups in total. The van der Waals surface area contributed by atoms with Crippen LogP contribution in [0.1, 0.15) is 41.0 Å².